The second-order valence-corrected chi connectivity index (χ2v) is 8.18. The van der Waals surface area contributed by atoms with Gasteiger partial charge >= 0.3 is 0 Å². The Labute approximate surface area is 116 Å². The lowest BCUT2D eigenvalue weighted by atomic mass is 9.84. The standard InChI is InChI=1S/C12H26N2O2S2/c1-3-8-13-9-5-10-18(15,16)14-11-12(17-2)6-4-7-12/h13-14H,3-11H2,1-2H3. The van der Waals surface area contributed by atoms with Crippen molar-refractivity contribution in [1.82, 2.24) is 10.0 Å². The Balaban J connectivity index is 2.19. The number of nitrogens with one attached hydrogen (secondary N) is 2. The van der Waals surface area contributed by atoms with Gasteiger partial charge in [-0.1, -0.05) is 13.3 Å². The molecule has 0 aromatic heterocycles. The third-order valence-electron chi connectivity index (χ3n) is 3.51. The largest absolute Gasteiger partial charge is 0.317 e. The van der Waals surface area contributed by atoms with Gasteiger partial charge in [-0.3, -0.25) is 0 Å². The van der Waals surface area contributed by atoms with Gasteiger partial charge in [-0.05, 0) is 45.0 Å². The molecule has 0 aromatic rings. The van der Waals surface area contributed by atoms with Crippen LogP contribution in [0.4, 0.5) is 0 Å². The van der Waals surface area contributed by atoms with Crippen LogP contribution in [0.25, 0.3) is 0 Å². The van der Waals surface area contributed by atoms with Gasteiger partial charge in [-0.25, -0.2) is 13.1 Å². The highest BCUT2D eigenvalue weighted by atomic mass is 32.2. The van der Waals surface area contributed by atoms with Crippen LogP contribution in [-0.2, 0) is 10.0 Å². The molecule has 1 aliphatic carbocycles. The summed E-state index contributed by atoms with van der Waals surface area (Å²) in [6.07, 6.45) is 7.33. The Kier molecular flexibility index (Phi) is 6.98. The van der Waals surface area contributed by atoms with Gasteiger partial charge in [0.15, 0.2) is 0 Å². The molecule has 1 rings (SSSR count). The molecule has 6 heteroatoms. The summed E-state index contributed by atoms with van der Waals surface area (Å²) in [5, 5.41) is 3.22. The van der Waals surface area contributed by atoms with Crippen molar-refractivity contribution >= 4 is 21.8 Å². The number of hydrogen-bond donors (Lipinski definition) is 2. The van der Waals surface area contributed by atoms with Crippen LogP contribution in [-0.4, -0.2) is 44.8 Å². The summed E-state index contributed by atoms with van der Waals surface area (Å²) in [5.41, 5.74) is 0. The van der Waals surface area contributed by atoms with Crippen molar-refractivity contribution in [3.8, 4) is 0 Å². The van der Waals surface area contributed by atoms with Crippen molar-refractivity contribution in [2.45, 2.75) is 43.8 Å². The summed E-state index contributed by atoms with van der Waals surface area (Å²) < 4.78 is 26.6. The van der Waals surface area contributed by atoms with Crippen molar-refractivity contribution in [3.05, 3.63) is 0 Å². The molecule has 0 unspecified atom stereocenters. The molecule has 0 aromatic carbocycles. The van der Waals surface area contributed by atoms with E-state index in [4.69, 9.17) is 0 Å². The molecule has 0 atom stereocenters. The van der Waals surface area contributed by atoms with Gasteiger partial charge in [0.25, 0.3) is 0 Å². The molecule has 0 saturated heterocycles. The molecule has 1 aliphatic rings. The Hall–Kier alpha value is 0.220. The summed E-state index contributed by atoms with van der Waals surface area (Å²) in [7, 11) is -3.09. The van der Waals surface area contributed by atoms with E-state index in [9.17, 15) is 8.42 Å². The Morgan fingerprint density at radius 2 is 2.00 bits per heavy atom. The fourth-order valence-electron chi connectivity index (χ4n) is 2.03. The van der Waals surface area contributed by atoms with Gasteiger partial charge in [0, 0.05) is 11.3 Å². The van der Waals surface area contributed by atoms with Crippen LogP contribution in [0.15, 0.2) is 0 Å². The number of rotatable bonds is 10. The molecule has 2 N–H and O–H groups in total. The zero-order valence-corrected chi connectivity index (χ0v) is 13.1. The quantitative estimate of drug-likeness (QED) is 0.601. The minimum absolute atomic E-state index is 0.174. The van der Waals surface area contributed by atoms with E-state index < -0.39 is 10.0 Å². The van der Waals surface area contributed by atoms with Crippen LogP contribution in [0.3, 0.4) is 0 Å². The predicted octanol–water partition coefficient (Wildman–Crippen LogP) is 1.58. The fraction of sp³-hybridized carbons (Fsp3) is 1.00. The maximum Gasteiger partial charge on any atom is 0.211 e. The molecule has 0 amide bonds. The van der Waals surface area contributed by atoms with Crippen molar-refractivity contribution in [1.29, 1.82) is 0 Å². The van der Waals surface area contributed by atoms with E-state index in [1.54, 1.807) is 11.8 Å². The minimum Gasteiger partial charge on any atom is -0.317 e. The lowest BCUT2D eigenvalue weighted by Crippen LogP contribution is -2.45. The molecular formula is C12H26N2O2S2. The van der Waals surface area contributed by atoms with E-state index in [1.165, 1.54) is 6.42 Å². The third-order valence-corrected chi connectivity index (χ3v) is 6.33. The van der Waals surface area contributed by atoms with E-state index in [-0.39, 0.29) is 10.5 Å². The van der Waals surface area contributed by atoms with E-state index in [0.717, 1.165) is 32.4 Å². The summed E-state index contributed by atoms with van der Waals surface area (Å²) in [6.45, 7) is 4.44. The first kappa shape index (κ1) is 16.3. The van der Waals surface area contributed by atoms with Crippen LogP contribution in [0.2, 0.25) is 0 Å². The van der Waals surface area contributed by atoms with Gasteiger partial charge in [0.1, 0.15) is 0 Å². The third kappa shape index (κ3) is 5.47. The molecule has 0 spiro atoms. The lowest BCUT2D eigenvalue weighted by Gasteiger charge is -2.40. The van der Waals surface area contributed by atoms with Crippen molar-refractivity contribution in [3.63, 3.8) is 0 Å². The number of hydrogen-bond acceptors (Lipinski definition) is 4. The first-order valence-electron chi connectivity index (χ1n) is 6.77. The maximum absolute atomic E-state index is 11.8. The van der Waals surface area contributed by atoms with E-state index in [2.05, 4.69) is 23.2 Å². The van der Waals surface area contributed by atoms with Crippen molar-refractivity contribution < 1.29 is 8.42 Å². The SMILES string of the molecule is CCCNCCCS(=O)(=O)NCC1(SC)CCC1. The molecule has 1 fully saturated rings. The van der Waals surface area contributed by atoms with E-state index in [0.29, 0.717) is 13.0 Å². The first-order valence-corrected chi connectivity index (χ1v) is 9.64. The summed E-state index contributed by atoms with van der Waals surface area (Å²) in [4.78, 5) is 0. The normalized spacial score (nSPS) is 18.6. The predicted molar refractivity (Wildman–Crippen MR) is 79.7 cm³/mol. The van der Waals surface area contributed by atoms with Crippen LogP contribution < -0.4 is 10.0 Å². The van der Waals surface area contributed by atoms with Gasteiger partial charge in [-0.2, -0.15) is 11.8 Å². The van der Waals surface area contributed by atoms with Crippen LogP contribution in [0.5, 0.6) is 0 Å². The number of sulfonamides is 1. The second-order valence-electron chi connectivity index (χ2n) is 4.98. The summed E-state index contributed by atoms with van der Waals surface area (Å²) in [6, 6.07) is 0. The zero-order chi connectivity index (χ0) is 13.5. The summed E-state index contributed by atoms with van der Waals surface area (Å²) in [5.74, 6) is 0.230. The van der Waals surface area contributed by atoms with Crippen LogP contribution >= 0.6 is 11.8 Å². The molecule has 4 nitrogen and oxygen atoms in total. The average molecular weight is 294 g/mol. The Morgan fingerprint density at radius 1 is 1.28 bits per heavy atom. The van der Waals surface area contributed by atoms with Crippen LogP contribution in [0, 0.1) is 0 Å². The van der Waals surface area contributed by atoms with E-state index in [1.807, 2.05) is 0 Å². The summed E-state index contributed by atoms with van der Waals surface area (Å²) >= 11 is 1.80. The monoisotopic (exact) mass is 294 g/mol. The highest BCUT2D eigenvalue weighted by Crippen LogP contribution is 2.42. The lowest BCUT2D eigenvalue weighted by molar-refractivity contribution is 0.361. The molecule has 108 valence electrons. The van der Waals surface area contributed by atoms with Crippen molar-refractivity contribution in [2.75, 3.05) is 31.6 Å². The molecule has 18 heavy (non-hydrogen) atoms. The number of thioether (sulfide) groups is 1. The average Bonchev–Trinajstić information content (AvgIpc) is 2.28. The maximum atomic E-state index is 11.8. The highest BCUT2D eigenvalue weighted by molar-refractivity contribution is 8.00. The topological polar surface area (TPSA) is 58.2 Å². The van der Waals surface area contributed by atoms with Crippen LogP contribution in [0.1, 0.15) is 39.0 Å². The van der Waals surface area contributed by atoms with Gasteiger partial charge in [0.05, 0.1) is 5.75 Å². The van der Waals surface area contributed by atoms with Gasteiger partial charge < -0.3 is 5.32 Å². The molecule has 0 radical (unpaired) electrons. The first-order chi connectivity index (χ1) is 8.54. The Bertz CT molecular complexity index is 321. The Morgan fingerprint density at radius 3 is 2.50 bits per heavy atom. The van der Waals surface area contributed by atoms with Gasteiger partial charge in [-0.15, -0.1) is 0 Å². The fourth-order valence-corrected chi connectivity index (χ4v) is 4.20. The second kappa shape index (κ2) is 7.72. The molecule has 1 saturated carbocycles. The zero-order valence-electron chi connectivity index (χ0n) is 11.5. The molecule has 0 heterocycles. The minimum atomic E-state index is -3.09. The van der Waals surface area contributed by atoms with E-state index >= 15 is 0 Å². The van der Waals surface area contributed by atoms with Gasteiger partial charge in [0.2, 0.25) is 10.0 Å². The van der Waals surface area contributed by atoms with Crippen molar-refractivity contribution in [2.24, 2.45) is 0 Å². The molecule has 0 aliphatic heterocycles. The molecular weight excluding hydrogens is 268 g/mol. The molecule has 0 bridgehead atoms. The smallest absolute Gasteiger partial charge is 0.211 e. The highest BCUT2D eigenvalue weighted by Gasteiger charge is 2.36.